The fraction of sp³-hybridized carbons (Fsp3) is 0.154. The van der Waals surface area contributed by atoms with Gasteiger partial charge in [0.2, 0.25) is 5.78 Å². The summed E-state index contributed by atoms with van der Waals surface area (Å²) in [5.41, 5.74) is 1.14. The first-order chi connectivity index (χ1) is 16.9. The molecule has 176 valence electrons. The summed E-state index contributed by atoms with van der Waals surface area (Å²) < 4.78 is 63.8. The largest absolute Gasteiger partial charge is 0.486 e. The lowest BCUT2D eigenvalue weighted by atomic mass is 9.84. The van der Waals surface area contributed by atoms with Crippen LogP contribution in [0.25, 0.3) is 6.08 Å². The summed E-state index contributed by atoms with van der Waals surface area (Å²) >= 11 is 0. The van der Waals surface area contributed by atoms with Gasteiger partial charge >= 0.3 is 5.97 Å². The number of ether oxygens (including phenoxy) is 4. The van der Waals surface area contributed by atoms with E-state index in [1.165, 1.54) is 18.2 Å². The third-order valence-corrected chi connectivity index (χ3v) is 6.05. The molecular formula is C26H15F3O6. The Morgan fingerprint density at radius 1 is 0.829 bits per heavy atom. The highest BCUT2D eigenvalue weighted by Gasteiger charge is 2.39. The lowest BCUT2D eigenvalue weighted by Gasteiger charge is -2.26. The Bertz CT molecular complexity index is 1440. The SMILES string of the molecule is O=C1C[C@H](c2cc(F)c(F)c(F)c2)c2c(ccc3c2O/C(=C\c2ccc4c(c2)OCCO4)C3=O)O1. The van der Waals surface area contributed by atoms with Crippen LogP contribution in [0.4, 0.5) is 13.2 Å². The van der Waals surface area contributed by atoms with Crippen molar-refractivity contribution in [3.05, 3.63) is 87.9 Å². The van der Waals surface area contributed by atoms with Crippen molar-refractivity contribution in [2.45, 2.75) is 12.3 Å². The molecule has 0 bridgehead atoms. The highest BCUT2D eigenvalue weighted by Crippen LogP contribution is 2.49. The maximum Gasteiger partial charge on any atom is 0.312 e. The molecule has 0 radical (unpaired) electrons. The van der Waals surface area contributed by atoms with Crippen molar-refractivity contribution in [1.82, 2.24) is 0 Å². The number of carbonyl (C=O) groups excluding carboxylic acids is 2. The Hall–Kier alpha value is -4.27. The zero-order valence-electron chi connectivity index (χ0n) is 17.9. The van der Waals surface area contributed by atoms with Gasteiger partial charge in [-0.2, -0.15) is 0 Å². The second kappa shape index (κ2) is 7.90. The third-order valence-electron chi connectivity index (χ3n) is 6.05. The first-order valence-electron chi connectivity index (χ1n) is 10.7. The zero-order chi connectivity index (χ0) is 24.3. The van der Waals surface area contributed by atoms with Crippen LogP contribution in [0.2, 0.25) is 0 Å². The van der Waals surface area contributed by atoms with Crippen molar-refractivity contribution in [3.8, 4) is 23.0 Å². The normalized spacial score (nSPS) is 19.2. The molecule has 1 atom stereocenters. The van der Waals surface area contributed by atoms with Gasteiger partial charge in [-0.15, -0.1) is 0 Å². The van der Waals surface area contributed by atoms with Crippen LogP contribution in [0.3, 0.4) is 0 Å². The molecule has 0 spiro atoms. The van der Waals surface area contributed by atoms with E-state index in [0.29, 0.717) is 30.3 Å². The van der Waals surface area contributed by atoms with Crippen molar-refractivity contribution in [3.63, 3.8) is 0 Å². The average molecular weight is 480 g/mol. The molecule has 3 heterocycles. The van der Waals surface area contributed by atoms with E-state index in [0.717, 1.165) is 12.1 Å². The predicted molar refractivity (Wildman–Crippen MR) is 115 cm³/mol. The topological polar surface area (TPSA) is 71.1 Å². The number of esters is 1. The number of hydrogen-bond acceptors (Lipinski definition) is 6. The Morgan fingerprint density at radius 3 is 2.31 bits per heavy atom. The van der Waals surface area contributed by atoms with Gasteiger partial charge in [0.25, 0.3) is 0 Å². The fourth-order valence-electron chi connectivity index (χ4n) is 4.47. The van der Waals surface area contributed by atoms with E-state index < -0.39 is 35.1 Å². The molecule has 0 saturated heterocycles. The van der Waals surface area contributed by atoms with Crippen LogP contribution in [0, 0.1) is 17.5 Å². The number of fused-ring (bicyclic) bond motifs is 4. The van der Waals surface area contributed by atoms with Crippen LogP contribution in [0.5, 0.6) is 23.0 Å². The number of allylic oxidation sites excluding steroid dienone is 1. The van der Waals surface area contributed by atoms with Gasteiger partial charge in [-0.25, -0.2) is 13.2 Å². The van der Waals surface area contributed by atoms with Gasteiger partial charge < -0.3 is 18.9 Å². The second-order valence-electron chi connectivity index (χ2n) is 8.23. The minimum atomic E-state index is -1.61. The summed E-state index contributed by atoms with van der Waals surface area (Å²) in [6.45, 7) is 0.855. The first kappa shape index (κ1) is 21.3. The highest BCUT2D eigenvalue weighted by atomic mass is 19.2. The van der Waals surface area contributed by atoms with Gasteiger partial charge in [-0.05, 0) is 53.6 Å². The van der Waals surface area contributed by atoms with Crippen molar-refractivity contribution < 1.29 is 41.7 Å². The smallest absolute Gasteiger partial charge is 0.312 e. The van der Waals surface area contributed by atoms with Crippen LogP contribution < -0.4 is 18.9 Å². The lowest BCUT2D eigenvalue weighted by molar-refractivity contribution is -0.135. The summed E-state index contributed by atoms with van der Waals surface area (Å²) in [4.78, 5) is 25.3. The fourth-order valence-corrected chi connectivity index (χ4v) is 4.47. The molecule has 6 nitrogen and oxygen atoms in total. The maximum absolute atomic E-state index is 14.0. The standard InChI is InChI=1S/C26H15F3O6/c27-16-9-13(10-17(28)24(16)29)15-11-22(30)34-19-4-2-14-25(31)21(35-26(14)23(15)19)8-12-1-3-18-20(7-12)33-6-5-32-18/h1-4,7-10,15H,5-6,11H2/b21-8-/t15-/m1/s1. The van der Waals surface area contributed by atoms with Gasteiger partial charge in [0.1, 0.15) is 24.7 Å². The van der Waals surface area contributed by atoms with Gasteiger partial charge in [0.05, 0.1) is 12.0 Å². The minimum absolute atomic E-state index is 0.0113. The molecule has 6 rings (SSSR count). The number of Topliss-reactive ketones (excluding diaryl/α,β-unsaturated/α-hetero) is 1. The van der Waals surface area contributed by atoms with E-state index in [1.54, 1.807) is 18.2 Å². The summed E-state index contributed by atoms with van der Waals surface area (Å²) in [7, 11) is 0. The first-order valence-corrected chi connectivity index (χ1v) is 10.7. The van der Waals surface area contributed by atoms with Crippen molar-refractivity contribution >= 4 is 17.8 Å². The molecule has 0 saturated carbocycles. The quantitative estimate of drug-likeness (QED) is 0.224. The third kappa shape index (κ3) is 3.51. The predicted octanol–water partition coefficient (Wildman–Crippen LogP) is 4.93. The van der Waals surface area contributed by atoms with Crippen LogP contribution in [-0.4, -0.2) is 25.0 Å². The maximum atomic E-state index is 14.0. The summed E-state index contributed by atoms with van der Waals surface area (Å²) in [5, 5.41) is 0. The molecule has 0 amide bonds. The van der Waals surface area contributed by atoms with Crippen LogP contribution in [0.15, 0.2) is 48.2 Å². The molecule has 0 unspecified atom stereocenters. The Labute approximate surface area is 196 Å². The molecule has 3 aromatic rings. The molecule has 0 fully saturated rings. The molecule has 9 heteroatoms. The van der Waals surface area contributed by atoms with Crippen LogP contribution in [-0.2, 0) is 4.79 Å². The Morgan fingerprint density at radius 2 is 1.54 bits per heavy atom. The zero-order valence-corrected chi connectivity index (χ0v) is 17.9. The van der Waals surface area contributed by atoms with Crippen molar-refractivity contribution in [1.29, 1.82) is 0 Å². The molecule has 3 aliphatic heterocycles. The number of hydrogen-bond donors (Lipinski definition) is 0. The van der Waals surface area contributed by atoms with Gasteiger partial charge in [-0.3, -0.25) is 9.59 Å². The van der Waals surface area contributed by atoms with E-state index in [4.69, 9.17) is 18.9 Å². The molecule has 35 heavy (non-hydrogen) atoms. The number of ketones is 1. The van der Waals surface area contributed by atoms with E-state index >= 15 is 0 Å². The number of benzene rings is 3. The average Bonchev–Trinajstić information content (AvgIpc) is 3.16. The van der Waals surface area contributed by atoms with Crippen molar-refractivity contribution in [2.75, 3.05) is 13.2 Å². The van der Waals surface area contributed by atoms with Crippen molar-refractivity contribution in [2.24, 2.45) is 0 Å². The van der Waals surface area contributed by atoms with E-state index in [1.807, 2.05) is 0 Å². The Kier molecular flexibility index (Phi) is 4.80. The van der Waals surface area contributed by atoms with Gasteiger partial charge in [-0.1, -0.05) is 6.07 Å². The number of carbonyl (C=O) groups is 2. The minimum Gasteiger partial charge on any atom is -0.486 e. The molecule has 0 aliphatic carbocycles. The molecular weight excluding hydrogens is 465 g/mol. The monoisotopic (exact) mass is 480 g/mol. The van der Waals surface area contributed by atoms with E-state index in [-0.39, 0.29) is 40.4 Å². The van der Waals surface area contributed by atoms with Crippen LogP contribution in [0.1, 0.15) is 39.4 Å². The van der Waals surface area contributed by atoms with Gasteiger partial charge in [0.15, 0.2) is 34.7 Å². The number of rotatable bonds is 2. The van der Waals surface area contributed by atoms with E-state index in [9.17, 15) is 22.8 Å². The summed E-state index contributed by atoms with van der Waals surface area (Å²) in [6.07, 6.45) is 1.26. The van der Waals surface area contributed by atoms with E-state index in [2.05, 4.69) is 0 Å². The Balaban J connectivity index is 1.43. The highest BCUT2D eigenvalue weighted by molar-refractivity contribution is 6.15. The number of halogens is 3. The molecule has 0 N–H and O–H groups in total. The summed E-state index contributed by atoms with van der Waals surface area (Å²) in [6, 6.07) is 9.73. The molecule has 3 aromatic carbocycles. The van der Waals surface area contributed by atoms with Crippen LogP contribution >= 0.6 is 0 Å². The lowest BCUT2D eigenvalue weighted by Crippen LogP contribution is -2.22. The molecule has 0 aromatic heterocycles. The summed E-state index contributed by atoms with van der Waals surface area (Å²) in [5.74, 6) is -4.97. The second-order valence-corrected chi connectivity index (χ2v) is 8.23. The molecule has 3 aliphatic rings. The van der Waals surface area contributed by atoms with Gasteiger partial charge in [0, 0.05) is 11.5 Å².